The summed E-state index contributed by atoms with van der Waals surface area (Å²) in [6.07, 6.45) is 2.38. The second-order valence-corrected chi connectivity index (χ2v) is 8.51. The van der Waals surface area contributed by atoms with Gasteiger partial charge in [0.15, 0.2) is 0 Å². The van der Waals surface area contributed by atoms with Crippen molar-refractivity contribution in [1.29, 1.82) is 5.41 Å². The Bertz CT molecular complexity index is 889. The average molecular weight is 439 g/mol. The van der Waals surface area contributed by atoms with Gasteiger partial charge in [0, 0.05) is 31.4 Å². The summed E-state index contributed by atoms with van der Waals surface area (Å²) in [4.78, 5) is 26.3. The van der Waals surface area contributed by atoms with Crippen LogP contribution in [-0.4, -0.2) is 42.7 Å². The molecule has 1 heterocycles. The van der Waals surface area contributed by atoms with E-state index in [0.717, 1.165) is 25.0 Å². The van der Waals surface area contributed by atoms with Crippen molar-refractivity contribution >= 4 is 23.9 Å². The molecular weight excluding hydrogens is 404 g/mol. The van der Waals surface area contributed by atoms with Gasteiger partial charge >= 0.3 is 6.09 Å². The van der Waals surface area contributed by atoms with Gasteiger partial charge in [-0.15, -0.1) is 0 Å². The Labute approximate surface area is 190 Å². The number of hydrogen-bond donors (Lipinski definition) is 3. The van der Waals surface area contributed by atoms with Gasteiger partial charge < -0.3 is 26.1 Å². The topological polar surface area (TPSA) is 109 Å². The standard InChI is InChI=1S/C21H24N4O3.C4H10/c22-13-16-5-4-8-18(19(16)23)20(26)24-14-15-9-11-25(12-10-15)21(27)28-17-6-2-1-3-7-17;1-4(2)3/h1-8,13,15,22H,9-12,14,23H2,(H,24,26);4H,1-3H3. The van der Waals surface area contributed by atoms with E-state index >= 15 is 0 Å². The van der Waals surface area contributed by atoms with E-state index in [1.54, 1.807) is 35.2 Å². The SMILES string of the molecule is CC(C)C.N=Cc1cccc(C(=O)NCC2CCN(C(=O)Oc3ccccc3)CC2)c1N. The largest absolute Gasteiger partial charge is 0.415 e. The Hall–Kier alpha value is -3.35. The number of carbonyl (C=O) groups is 2. The summed E-state index contributed by atoms with van der Waals surface area (Å²) in [7, 11) is 0. The Morgan fingerprint density at radius 2 is 1.75 bits per heavy atom. The van der Waals surface area contributed by atoms with Crippen LogP contribution in [0.3, 0.4) is 0 Å². The molecule has 0 unspecified atom stereocenters. The monoisotopic (exact) mass is 438 g/mol. The zero-order valence-corrected chi connectivity index (χ0v) is 19.1. The third kappa shape index (κ3) is 7.72. The number of carbonyl (C=O) groups excluding carboxylic acids is 2. The number of nitrogen functional groups attached to an aromatic ring is 1. The highest BCUT2D eigenvalue weighted by molar-refractivity contribution is 6.03. The number of piperidine rings is 1. The number of nitrogens with zero attached hydrogens (tertiary/aromatic N) is 1. The molecule has 2 aromatic carbocycles. The molecule has 1 aliphatic rings. The fraction of sp³-hybridized carbons (Fsp3) is 0.400. The van der Waals surface area contributed by atoms with E-state index in [0.29, 0.717) is 42.2 Å². The number of hydrogen-bond acceptors (Lipinski definition) is 5. The first-order chi connectivity index (χ1) is 15.3. The van der Waals surface area contributed by atoms with Crippen LogP contribution in [0.5, 0.6) is 5.75 Å². The average Bonchev–Trinajstić information content (AvgIpc) is 2.78. The Morgan fingerprint density at radius 3 is 2.34 bits per heavy atom. The van der Waals surface area contributed by atoms with E-state index in [9.17, 15) is 9.59 Å². The van der Waals surface area contributed by atoms with Crippen LogP contribution < -0.4 is 15.8 Å². The van der Waals surface area contributed by atoms with Crippen molar-refractivity contribution < 1.29 is 14.3 Å². The van der Waals surface area contributed by atoms with E-state index in [1.165, 1.54) is 0 Å². The lowest BCUT2D eigenvalue weighted by molar-refractivity contribution is 0.0932. The minimum atomic E-state index is -0.343. The fourth-order valence-electron chi connectivity index (χ4n) is 3.21. The van der Waals surface area contributed by atoms with E-state index < -0.39 is 0 Å². The molecule has 7 nitrogen and oxygen atoms in total. The van der Waals surface area contributed by atoms with Gasteiger partial charge in [0.25, 0.3) is 5.91 Å². The number of ether oxygens (including phenoxy) is 1. The van der Waals surface area contributed by atoms with Gasteiger partial charge in [-0.2, -0.15) is 0 Å². The number of anilines is 1. The van der Waals surface area contributed by atoms with Crippen molar-refractivity contribution in [2.75, 3.05) is 25.4 Å². The predicted molar refractivity (Wildman–Crippen MR) is 128 cm³/mol. The summed E-state index contributed by atoms with van der Waals surface area (Å²) >= 11 is 0. The molecule has 0 radical (unpaired) electrons. The van der Waals surface area contributed by atoms with Crippen LogP contribution in [0.4, 0.5) is 10.5 Å². The lowest BCUT2D eigenvalue weighted by Crippen LogP contribution is -2.42. The van der Waals surface area contributed by atoms with Gasteiger partial charge in [-0.1, -0.05) is 51.1 Å². The molecule has 2 amide bonds. The number of rotatable bonds is 5. The Morgan fingerprint density at radius 1 is 1.12 bits per heavy atom. The maximum absolute atomic E-state index is 12.4. The minimum absolute atomic E-state index is 0.243. The second kappa shape index (κ2) is 12.5. The van der Waals surface area contributed by atoms with Crippen molar-refractivity contribution in [3.05, 3.63) is 59.7 Å². The van der Waals surface area contributed by atoms with Crippen LogP contribution in [0.25, 0.3) is 0 Å². The van der Waals surface area contributed by atoms with E-state index in [-0.39, 0.29) is 17.9 Å². The Kier molecular flexibility index (Phi) is 9.73. The van der Waals surface area contributed by atoms with Crippen molar-refractivity contribution in [3.63, 3.8) is 0 Å². The van der Waals surface area contributed by atoms with Gasteiger partial charge in [0.2, 0.25) is 0 Å². The summed E-state index contributed by atoms with van der Waals surface area (Å²) < 4.78 is 5.37. The van der Waals surface area contributed by atoms with E-state index in [4.69, 9.17) is 15.9 Å². The highest BCUT2D eigenvalue weighted by atomic mass is 16.6. The lowest BCUT2D eigenvalue weighted by Gasteiger charge is -2.31. The summed E-state index contributed by atoms with van der Waals surface area (Å²) in [5.74, 6) is 1.41. The van der Waals surface area contributed by atoms with Gasteiger partial charge in [0.05, 0.1) is 11.3 Å². The molecule has 3 rings (SSSR count). The highest BCUT2D eigenvalue weighted by Crippen LogP contribution is 2.20. The first kappa shape index (κ1) is 24.9. The van der Waals surface area contributed by atoms with Crippen LogP contribution in [0.1, 0.15) is 49.5 Å². The number of amides is 2. The molecule has 1 aliphatic heterocycles. The van der Waals surface area contributed by atoms with Crippen LogP contribution in [0, 0.1) is 17.2 Å². The third-order valence-electron chi connectivity index (χ3n) is 4.91. The predicted octanol–water partition coefficient (Wildman–Crippen LogP) is 4.57. The van der Waals surface area contributed by atoms with Gasteiger partial charge in [-0.05, 0) is 42.9 Å². The van der Waals surface area contributed by atoms with Crippen molar-refractivity contribution in [3.8, 4) is 5.75 Å². The van der Waals surface area contributed by atoms with Gasteiger partial charge in [-0.3, -0.25) is 4.79 Å². The first-order valence-electron chi connectivity index (χ1n) is 11.0. The molecule has 0 atom stereocenters. The first-order valence-corrected chi connectivity index (χ1v) is 11.0. The summed E-state index contributed by atoms with van der Waals surface area (Å²) in [5.41, 5.74) is 7.17. The van der Waals surface area contributed by atoms with Crippen molar-refractivity contribution in [2.24, 2.45) is 11.8 Å². The lowest BCUT2D eigenvalue weighted by atomic mass is 9.97. The maximum atomic E-state index is 12.4. The molecule has 0 aliphatic carbocycles. The minimum Gasteiger partial charge on any atom is -0.410 e. The summed E-state index contributed by atoms with van der Waals surface area (Å²) in [6, 6.07) is 14.1. The van der Waals surface area contributed by atoms with Crippen LogP contribution in [0.15, 0.2) is 48.5 Å². The van der Waals surface area contributed by atoms with E-state index in [1.807, 2.05) is 18.2 Å². The molecule has 0 saturated carbocycles. The van der Waals surface area contributed by atoms with Crippen molar-refractivity contribution in [1.82, 2.24) is 10.2 Å². The number of benzene rings is 2. The summed E-state index contributed by atoms with van der Waals surface area (Å²) in [6.45, 7) is 8.21. The fourth-order valence-corrected chi connectivity index (χ4v) is 3.21. The second-order valence-electron chi connectivity index (χ2n) is 8.51. The number of para-hydroxylation sites is 2. The smallest absolute Gasteiger partial charge is 0.410 e. The molecule has 172 valence electrons. The molecule has 7 heteroatoms. The van der Waals surface area contributed by atoms with Gasteiger partial charge in [0.1, 0.15) is 5.75 Å². The third-order valence-corrected chi connectivity index (χ3v) is 4.91. The zero-order valence-electron chi connectivity index (χ0n) is 19.1. The van der Waals surface area contributed by atoms with Crippen LogP contribution >= 0.6 is 0 Å². The molecular formula is C25H34N4O3. The zero-order chi connectivity index (χ0) is 23.5. The quantitative estimate of drug-likeness (QED) is 0.469. The molecule has 2 aromatic rings. The van der Waals surface area contributed by atoms with E-state index in [2.05, 4.69) is 26.1 Å². The normalized spacial score (nSPS) is 13.7. The molecule has 4 N–H and O–H groups in total. The number of nitrogens with two attached hydrogens (primary N) is 1. The maximum Gasteiger partial charge on any atom is 0.415 e. The highest BCUT2D eigenvalue weighted by Gasteiger charge is 2.24. The van der Waals surface area contributed by atoms with Gasteiger partial charge in [-0.25, -0.2) is 4.79 Å². The summed E-state index contributed by atoms with van der Waals surface area (Å²) in [5, 5.41) is 10.2. The molecule has 1 fully saturated rings. The molecule has 1 saturated heterocycles. The number of likely N-dealkylation sites (tertiary alicyclic amines) is 1. The molecule has 0 aromatic heterocycles. The molecule has 32 heavy (non-hydrogen) atoms. The van der Waals surface area contributed by atoms with Crippen LogP contribution in [0.2, 0.25) is 0 Å². The molecule has 0 bridgehead atoms. The number of nitrogens with one attached hydrogen (secondary N) is 2. The Balaban J connectivity index is 0.000000837. The van der Waals surface area contributed by atoms with Crippen LogP contribution in [-0.2, 0) is 0 Å². The van der Waals surface area contributed by atoms with Crippen molar-refractivity contribution in [2.45, 2.75) is 33.6 Å². The molecule has 0 spiro atoms.